The summed E-state index contributed by atoms with van der Waals surface area (Å²) < 4.78 is 0.995. The summed E-state index contributed by atoms with van der Waals surface area (Å²) in [5, 5.41) is 3.13. The van der Waals surface area contributed by atoms with Crippen molar-refractivity contribution in [3.8, 4) is 0 Å². The molecule has 0 fully saturated rings. The van der Waals surface area contributed by atoms with Crippen molar-refractivity contribution in [1.29, 1.82) is 0 Å². The van der Waals surface area contributed by atoms with Crippen molar-refractivity contribution in [3.05, 3.63) is 63.6 Å². The topological polar surface area (TPSA) is 55.1 Å². The first-order valence-electron chi connectivity index (χ1n) is 7.04. The van der Waals surface area contributed by atoms with E-state index in [2.05, 4.69) is 21.2 Å². The van der Waals surface area contributed by atoms with Gasteiger partial charge in [0, 0.05) is 10.2 Å². The van der Waals surface area contributed by atoms with Crippen LogP contribution in [0.5, 0.6) is 0 Å². The lowest BCUT2D eigenvalue weighted by Crippen LogP contribution is -2.28. The number of anilines is 1. The first kappa shape index (κ1) is 14.1. The van der Waals surface area contributed by atoms with Crippen LogP contribution in [0.25, 0.3) is 0 Å². The van der Waals surface area contributed by atoms with Gasteiger partial charge in [0.2, 0.25) is 5.91 Å². The molecular weight excluding hydrogens is 328 g/mol. The lowest BCUT2D eigenvalue weighted by Gasteiger charge is -2.14. The Morgan fingerprint density at radius 1 is 1.29 bits per heavy atom. The zero-order chi connectivity index (χ0) is 14.8. The predicted molar refractivity (Wildman–Crippen MR) is 87.9 cm³/mol. The van der Waals surface area contributed by atoms with Crippen LogP contribution in [-0.4, -0.2) is 5.91 Å². The van der Waals surface area contributed by atoms with E-state index in [1.54, 1.807) is 0 Å². The van der Waals surface area contributed by atoms with Gasteiger partial charge >= 0.3 is 0 Å². The van der Waals surface area contributed by atoms with E-state index in [1.165, 1.54) is 11.1 Å². The molecule has 3 N–H and O–H groups in total. The van der Waals surface area contributed by atoms with Gasteiger partial charge < -0.3 is 11.1 Å². The summed E-state index contributed by atoms with van der Waals surface area (Å²) in [6.45, 7) is 0. The molecule has 21 heavy (non-hydrogen) atoms. The van der Waals surface area contributed by atoms with Gasteiger partial charge in [-0.3, -0.25) is 4.79 Å². The van der Waals surface area contributed by atoms with Crippen LogP contribution in [0.3, 0.4) is 0 Å². The van der Waals surface area contributed by atoms with E-state index in [1.807, 2.05) is 42.5 Å². The number of nitrogen functional groups attached to an aromatic ring is 1. The Kier molecular flexibility index (Phi) is 3.97. The second-order valence-corrected chi connectivity index (χ2v) is 6.34. The number of amides is 1. The van der Waals surface area contributed by atoms with Crippen LogP contribution in [0.15, 0.2) is 46.9 Å². The van der Waals surface area contributed by atoms with Crippen LogP contribution < -0.4 is 11.1 Å². The van der Waals surface area contributed by atoms with E-state index >= 15 is 0 Å². The average molecular weight is 345 g/mol. The molecule has 4 heteroatoms. The van der Waals surface area contributed by atoms with Crippen LogP contribution in [0.2, 0.25) is 0 Å². The summed E-state index contributed by atoms with van der Waals surface area (Å²) in [6, 6.07) is 13.9. The van der Waals surface area contributed by atoms with Gasteiger partial charge in [-0.1, -0.05) is 34.1 Å². The van der Waals surface area contributed by atoms with Crippen molar-refractivity contribution < 1.29 is 4.79 Å². The smallest absolute Gasteiger partial charge is 0.224 e. The lowest BCUT2D eigenvalue weighted by molar-refractivity contribution is -0.121. The third-order valence-corrected chi connectivity index (χ3v) is 4.33. The maximum Gasteiger partial charge on any atom is 0.224 e. The van der Waals surface area contributed by atoms with Crippen molar-refractivity contribution in [2.75, 3.05) is 5.73 Å². The highest BCUT2D eigenvalue weighted by atomic mass is 79.9. The minimum Gasteiger partial charge on any atom is -0.399 e. The summed E-state index contributed by atoms with van der Waals surface area (Å²) in [5.74, 6) is 0.0581. The van der Waals surface area contributed by atoms with E-state index in [0.29, 0.717) is 6.42 Å². The average Bonchev–Trinajstić information content (AvgIpc) is 2.81. The van der Waals surface area contributed by atoms with Gasteiger partial charge in [-0.2, -0.15) is 0 Å². The Bertz CT molecular complexity index is 684. The molecule has 0 aliphatic heterocycles. The van der Waals surface area contributed by atoms with Crippen LogP contribution in [0, 0.1) is 0 Å². The Morgan fingerprint density at radius 2 is 2.14 bits per heavy atom. The predicted octanol–water partition coefficient (Wildman–Crippen LogP) is 3.38. The van der Waals surface area contributed by atoms with Gasteiger partial charge in [0.05, 0.1) is 12.5 Å². The molecule has 1 unspecified atom stereocenters. The Hall–Kier alpha value is -1.81. The molecule has 0 aromatic heterocycles. The quantitative estimate of drug-likeness (QED) is 0.838. The normalized spacial score (nSPS) is 16.5. The molecule has 0 saturated carbocycles. The SMILES string of the molecule is Nc1ccc2c(c1)CCC2NC(=O)Cc1cccc(Br)c1. The molecule has 0 heterocycles. The maximum absolute atomic E-state index is 12.2. The minimum atomic E-state index is 0.0581. The van der Waals surface area contributed by atoms with E-state index in [-0.39, 0.29) is 11.9 Å². The molecule has 108 valence electrons. The second kappa shape index (κ2) is 5.90. The third-order valence-electron chi connectivity index (χ3n) is 3.83. The largest absolute Gasteiger partial charge is 0.399 e. The number of nitrogens with one attached hydrogen (secondary N) is 1. The Labute approximate surface area is 132 Å². The van der Waals surface area contributed by atoms with E-state index in [4.69, 9.17) is 5.73 Å². The van der Waals surface area contributed by atoms with E-state index in [9.17, 15) is 4.79 Å². The molecule has 2 aromatic rings. The summed E-state index contributed by atoms with van der Waals surface area (Å²) >= 11 is 3.42. The van der Waals surface area contributed by atoms with Gasteiger partial charge in [-0.25, -0.2) is 0 Å². The number of carbonyl (C=O) groups is 1. The zero-order valence-electron chi connectivity index (χ0n) is 11.6. The highest BCUT2D eigenvalue weighted by Crippen LogP contribution is 2.32. The lowest BCUT2D eigenvalue weighted by atomic mass is 10.1. The zero-order valence-corrected chi connectivity index (χ0v) is 13.2. The van der Waals surface area contributed by atoms with Gasteiger partial charge in [0.15, 0.2) is 0 Å². The fourth-order valence-electron chi connectivity index (χ4n) is 2.87. The summed E-state index contributed by atoms with van der Waals surface area (Å²) in [6.07, 6.45) is 2.32. The van der Waals surface area contributed by atoms with Gasteiger partial charge in [0.25, 0.3) is 0 Å². The molecule has 3 rings (SSSR count). The summed E-state index contributed by atoms with van der Waals surface area (Å²) in [5.41, 5.74) is 10.1. The monoisotopic (exact) mass is 344 g/mol. The third kappa shape index (κ3) is 3.27. The summed E-state index contributed by atoms with van der Waals surface area (Å²) in [4.78, 5) is 12.2. The second-order valence-electron chi connectivity index (χ2n) is 5.42. The van der Waals surface area contributed by atoms with E-state index in [0.717, 1.165) is 28.6 Å². The van der Waals surface area contributed by atoms with Crippen molar-refractivity contribution in [2.24, 2.45) is 0 Å². The van der Waals surface area contributed by atoms with Gasteiger partial charge in [-0.15, -0.1) is 0 Å². The Morgan fingerprint density at radius 3 is 2.95 bits per heavy atom. The van der Waals surface area contributed by atoms with Gasteiger partial charge in [0.1, 0.15) is 0 Å². The number of hydrogen-bond donors (Lipinski definition) is 2. The standard InChI is InChI=1S/C17H17BrN2O/c18-13-3-1-2-11(8-13)9-17(21)20-16-7-4-12-10-14(19)5-6-15(12)16/h1-3,5-6,8,10,16H,4,7,9,19H2,(H,20,21). The molecule has 1 aliphatic rings. The van der Waals surface area contributed by atoms with Gasteiger partial charge in [-0.05, 0) is 53.8 Å². The molecule has 1 atom stereocenters. The number of halogens is 1. The first-order chi connectivity index (χ1) is 10.1. The molecule has 0 saturated heterocycles. The number of nitrogens with two attached hydrogens (primary N) is 1. The molecule has 3 nitrogen and oxygen atoms in total. The summed E-state index contributed by atoms with van der Waals surface area (Å²) in [7, 11) is 0. The van der Waals surface area contributed by atoms with Crippen LogP contribution in [-0.2, 0) is 17.6 Å². The minimum absolute atomic E-state index is 0.0581. The number of carbonyl (C=O) groups excluding carboxylic acids is 1. The molecule has 0 spiro atoms. The van der Waals surface area contributed by atoms with Crippen LogP contribution in [0.1, 0.15) is 29.2 Å². The molecule has 2 aromatic carbocycles. The maximum atomic E-state index is 12.2. The first-order valence-corrected chi connectivity index (χ1v) is 7.83. The highest BCUT2D eigenvalue weighted by Gasteiger charge is 2.23. The number of benzene rings is 2. The van der Waals surface area contributed by atoms with Crippen LogP contribution in [0.4, 0.5) is 5.69 Å². The van der Waals surface area contributed by atoms with Crippen molar-refractivity contribution in [3.63, 3.8) is 0 Å². The van der Waals surface area contributed by atoms with Crippen LogP contribution >= 0.6 is 15.9 Å². The highest BCUT2D eigenvalue weighted by molar-refractivity contribution is 9.10. The Balaban J connectivity index is 1.67. The number of hydrogen-bond acceptors (Lipinski definition) is 2. The fraction of sp³-hybridized carbons (Fsp3) is 0.235. The number of rotatable bonds is 3. The van der Waals surface area contributed by atoms with Crippen molar-refractivity contribution in [1.82, 2.24) is 5.32 Å². The fourth-order valence-corrected chi connectivity index (χ4v) is 3.31. The molecule has 1 aliphatic carbocycles. The molecule has 0 radical (unpaired) electrons. The number of aryl methyl sites for hydroxylation is 1. The molecule has 1 amide bonds. The van der Waals surface area contributed by atoms with Crippen molar-refractivity contribution >= 4 is 27.5 Å². The van der Waals surface area contributed by atoms with E-state index < -0.39 is 0 Å². The molecule has 0 bridgehead atoms. The number of fused-ring (bicyclic) bond motifs is 1. The van der Waals surface area contributed by atoms with Crippen molar-refractivity contribution in [2.45, 2.75) is 25.3 Å². The molecular formula is C17H17BrN2O.